The van der Waals surface area contributed by atoms with Crippen LogP contribution in [0.25, 0.3) is 5.57 Å². The van der Waals surface area contributed by atoms with Gasteiger partial charge in [-0.2, -0.15) is 0 Å². The number of thiazole rings is 1. The van der Waals surface area contributed by atoms with E-state index in [-0.39, 0.29) is 51.2 Å². The molecular formula is C40H46Cl4N4O7S. The Bertz CT molecular complexity index is 2000. The van der Waals surface area contributed by atoms with E-state index >= 15 is 4.79 Å². The molecule has 1 aliphatic carbocycles. The number of aromatic nitrogens is 1. The first-order valence-corrected chi connectivity index (χ1v) is 20.8. The first-order valence-electron chi connectivity index (χ1n) is 18.4. The van der Waals surface area contributed by atoms with Crippen LogP contribution < -0.4 is 9.47 Å². The molecule has 56 heavy (non-hydrogen) atoms. The molecule has 1 saturated carbocycles. The third kappa shape index (κ3) is 9.99. The van der Waals surface area contributed by atoms with E-state index in [1.54, 1.807) is 86.7 Å². The minimum Gasteiger partial charge on any atom is -0.487 e. The van der Waals surface area contributed by atoms with Gasteiger partial charge >= 0.3 is 12.2 Å². The highest BCUT2D eigenvalue weighted by Gasteiger charge is 2.51. The molecular weight excluding hydrogens is 822 g/mol. The van der Waals surface area contributed by atoms with Gasteiger partial charge in [0.2, 0.25) is 0 Å². The number of amides is 3. The number of rotatable bonds is 10. The molecule has 2 atom stereocenters. The van der Waals surface area contributed by atoms with E-state index in [1.807, 2.05) is 13.0 Å². The molecule has 1 aromatic heterocycles. The second-order valence-corrected chi connectivity index (χ2v) is 18.8. The molecule has 1 unspecified atom stereocenters. The van der Waals surface area contributed by atoms with E-state index < -0.39 is 35.5 Å². The molecule has 0 radical (unpaired) electrons. The van der Waals surface area contributed by atoms with E-state index in [4.69, 9.17) is 65.4 Å². The van der Waals surface area contributed by atoms with Gasteiger partial charge in [0, 0.05) is 37.4 Å². The monoisotopic (exact) mass is 866 g/mol. The van der Waals surface area contributed by atoms with Crippen molar-refractivity contribution in [2.45, 2.75) is 104 Å². The molecule has 1 saturated heterocycles. The number of carbonyl (C=O) groups is 3. The second-order valence-electron chi connectivity index (χ2n) is 16.2. The summed E-state index contributed by atoms with van der Waals surface area (Å²) >= 11 is 27.0. The third-order valence-electron chi connectivity index (χ3n) is 9.24. The van der Waals surface area contributed by atoms with Crippen molar-refractivity contribution in [3.05, 3.63) is 78.2 Å². The lowest BCUT2D eigenvalue weighted by molar-refractivity contribution is -0.129. The van der Waals surface area contributed by atoms with Crippen molar-refractivity contribution in [1.82, 2.24) is 19.7 Å². The number of nitrogens with zero attached hydrogens (tertiary/aromatic N) is 4. The summed E-state index contributed by atoms with van der Waals surface area (Å²) in [6.07, 6.45) is 2.43. The molecule has 2 aromatic carbocycles. The minimum atomic E-state index is -0.868. The van der Waals surface area contributed by atoms with Gasteiger partial charge in [0.15, 0.2) is 5.75 Å². The van der Waals surface area contributed by atoms with Crippen molar-refractivity contribution in [3.8, 4) is 10.9 Å². The van der Waals surface area contributed by atoms with E-state index in [0.717, 1.165) is 24.0 Å². The Hall–Kier alpha value is -3.42. The molecule has 11 nitrogen and oxygen atoms in total. The summed E-state index contributed by atoms with van der Waals surface area (Å²) in [7, 11) is 0. The van der Waals surface area contributed by atoms with Crippen LogP contribution in [0.15, 0.2) is 42.1 Å². The summed E-state index contributed by atoms with van der Waals surface area (Å²) in [5, 5.41) is 1.93. The zero-order chi connectivity index (χ0) is 40.7. The van der Waals surface area contributed by atoms with Crippen LogP contribution in [0.5, 0.6) is 10.9 Å². The fourth-order valence-electron chi connectivity index (χ4n) is 6.80. The van der Waals surface area contributed by atoms with Crippen molar-refractivity contribution in [1.29, 1.82) is 0 Å². The zero-order valence-corrected chi connectivity index (χ0v) is 36.3. The summed E-state index contributed by atoms with van der Waals surface area (Å²) in [6, 6.07) is 7.43. The highest BCUT2D eigenvalue weighted by atomic mass is 35.5. The highest BCUT2D eigenvalue weighted by Crippen LogP contribution is 2.44. The molecule has 2 fully saturated rings. The Kier molecular flexibility index (Phi) is 12.7. The van der Waals surface area contributed by atoms with Gasteiger partial charge in [-0.1, -0.05) is 69.9 Å². The second kappa shape index (κ2) is 16.8. The Morgan fingerprint density at radius 2 is 1.54 bits per heavy atom. The Morgan fingerprint density at radius 3 is 2.18 bits per heavy atom. The third-order valence-corrected chi connectivity index (χ3v) is 11.6. The Labute approximate surface area is 351 Å². The molecule has 16 heteroatoms. The van der Waals surface area contributed by atoms with Gasteiger partial charge in [0.1, 0.15) is 24.4 Å². The van der Waals surface area contributed by atoms with Crippen LogP contribution in [0, 0.1) is 6.92 Å². The van der Waals surface area contributed by atoms with Gasteiger partial charge in [-0.05, 0) is 103 Å². The Morgan fingerprint density at radius 1 is 0.893 bits per heavy atom. The average molecular weight is 869 g/mol. The first kappa shape index (κ1) is 42.2. The van der Waals surface area contributed by atoms with Crippen molar-refractivity contribution in [2.24, 2.45) is 0 Å². The van der Waals surface area contributed by atoms with Crippen LogP contribution >= 0.6 is 57.7 Å². The standard InChI is InChI=1S/C40H46Cl4N4O7S/c1-22-15-28(42)34(29(43)16-22)52-13-14-53-36-45-18-31(56-36)26-17-25-20-46(37(50)54-39(2,3)4)21-30(48(25)38(51)55-40(5,6)7)32(26)35(49)47(24-11-12-24)19-23-9-8-10-27(41)33(23)44/h8-10,15-16,18,24-25,30H,11-14,17,19-21H2,1-7H3/t25?,30-/m1/s1. The van der Waals surface area contributed by atoms with E-state index in [2.05, 4.69) is 4.98 Å². The predicted molar refractivity (Wildman–Crippen MR) is 219 cm³/mol. The number of benzene rings is 2. The van der Waals surface area contributed by atoms with E-state index in [9.17, 15) is 9.59 Å². The topological polar surface area (TPSA) is 111 Å². The Balaban J connectivity index is 1.37. The normalized spacial score (nSPS) is 18.5. The van der Waals surface area contributed by atoms with Gasteiger partial charge in [0.05, 0.1) is 37.1 Å². The summed E-state index contributed by atoms with van der Waals surface area (Å²) in [5.74, 6) is 0.0939. The maximum absolute atomic E-state index is 15.2. The maximum atomic E-state index is 15.2. The average Bonchev–Trinajstić information content (AvgIpc) is 3.82. The van der Waals surface area contributed by atoms with Gasteiger partial charge in [-0.15, -0.1) is 0 Å². The lowest BCUT2D eigenvalue weighted by Crippen LogP contribution is -2.66. The first-order chi connectivity index (χ1) is 26.3. The summed E-state index contributed by atoms with van der Waals surface area (Å²) < 4.78 is 23.5. The smallest absolute Gasteiger partial charge is 0.411 e. The largest absolute Gasteiger partial charge is 0.487 e. The summed E-state index contributed by atoms with van der Waals surface area (Å²) in [6.45, 7) is 13.4. The number of piperazine rings is 1. The lowest BCUT2D eigenvalue weighted by atomic mass is 9.83. The fraction of sp³-hybridized carbons (Fsp3) is 0.500. The van der Waals surface area contributed by atoms with Crippen molar-refractivity contribution in [2.75, 3.05) is 26.3 Å². The number of hydrogen-bond donors (Lipinski definition) is 0. The molecule has 0 N–H and O–H groups in total. The van der Waals surface area contributed by atoms with Crippen molar-refractivity contribution in [3.63, 3.8) is 0 Å². The maximum Gasteiger partial charge on any atom is 0.411 e. The van der Waals surface area contributed by atoms with Gasteiger partial charge in [-0.25, -0.2) is 14.6 Å². The van der Waals surface area contributed by atoms with Crippen molar-refractivity contribution < 1.29 is 33.3 Å². The quantitative estimate of drug-likeness (QED) is 0.185. The molecule has 6 rings (SSSR count). The van der Waals surface area contributed by atoms with Crippen LogP contribution in [-0.4, -0.2) is 93.4 Å². The number of hydrogen-bond acceptors (Lipinski definition) is 9. The zero-order valence-electron chi connectivity index (χ0n) is 32.4. The number of ether oxygens (including phenoxy) is 4. The van der Waals surface area contributed by atoms with E-state index in [1.165, 1.54) is 11.3 Å². The van der Waals surface area contributed by atoms with E-state index in [0.29, 0.717) is 47.0 Å². The minimum absolute atomic E-state index is 0.00921. The van der Waals surface area contributed by atoms with Crippen LogP contribution in [0.3, 0.4) is 0 Å². The number of fused-ring (bicyclic) bond motifs is 2. The SMILES string of the molecule is Cc1cc(Cl)c(OCCOc2ncc(C3=C(C(=O)N(Cc4cccc(Cl)c4Cl)C4CC4)[C@H]4CN(C(=O)OC(C)(C)C)CC(C3)N4C(=O)OC(C)(C)C)s2)c(Cl)c1. The molecule has 0 spiro atoms. The van der Waals surface area contributed by atoms with Crippen molar-refractivity contribution >= 4 is 81.4 Å². The van der Waals surface area contributed by atoms with Gasteiger partial charge in [0.25, 0.3) is 11.1 Å². The predicted octanol–water partition coefficient (Wildman–Crippen LogP) is 10.1. The summed E-state index contributed by atoms with van der Waals surface area (Å²) in [5.41, 5.74) is 1.14. The number of aryl methyl sites for hydroxylation is 1. The van der Waals surface area contributed by atoms with Crippen LogP contribution in [0.1, 0.15) is 76.8 Å². The molecule has 3 amide bonds. The highest BCUT2D eigenvalue weighted by molar-refractivity contribution is 7.14. The molecule has 3 aromatic rings. The molecule has 2 aliphatic heterocycles. The molecule has 2 bridgehead atoms. The van der Waals surface area contributed by atoms with Crippen LogP contribution in [0.2, 0.25) is 20.1 Å². The molecule has 3 aliphatic rings. The van der Waals surface area contributed by atoms with Gasteiger partial charge < -0.3 is 28.7 Å². The number of carbonyl (C=O) groups excluding carboxylic acids is 3. The number of halogens is 4. The van der Waals surface area contributed by atoms with Crippen LogP contribution in [0.4, 0.5) is 9.59 Å². The lowest BCUT2D eigenvalue weighted by Gasteiger charge is -2.51. The molecule has 302 valence electrons. The summed E-state index contributed by atoms with van der Waals surface area (Å²) in [4.78, 5) is 53.2. The molecule has 3 heterocycles. The van der Waals surface area contributed by atoms with Crippen LogP contribution in [-0.2, 0) is 20.8 Å². The van der Waals surface area contributed by atoms with Gasteiger partial charge in [-0.3, -0.25) is 9.69 Å². The fourth-order valence-corrected chi connectivity index (χ4v) is 8.75.